The number of benzene rings is 2. The molecule has 0 saturated heterocycles. The highest BCUT2D eigenvalue weighted by atomic mass is 19.1. The third kappa shape index (κ3) is 3.13. The van der Waals surface area contributed by atoms with Gasteiger partial charge < -0.3 is 14.8 Å². The second-order valence-corrected chi connectivity index (χ2v) is 4.45. The fourth-order valence-electron chi connectivity index (χ4n) is 2.02. The number of anilines is 1. The molecule has 2 aromatic carbocycles. The molecule has 2 rings (SSSR count). The van der Waals surface area contributed by atoms with Crippen LogP contribution < -0.4 is 14.8 Å². The van der Waals surface area contributed by atoms with Crippen molar-refractivity contribution in [3.63, 3.8) is 0 Å². The molecular formula is C16H16FNO3. The molecule has 0 saturated carbocycles. The number of aryl methyl sites for hydroxylation is 1. The Morgan fingerprint density at radius 1 is 1.14 bits per heavy atom. The van der Waals surface area contributed by atoms with Crippen LogP contribution >= 0.6 is 0 Å². The van der Waals surface area contributed by atoms with Crippen molar-refractivity contribution in [1.82, 2.24) is 0 Å². The molecule has 0 bridgehead atoms. The van der Waals surface area contributed by atoms with Crippen LogP contribution in [0.25, 0.3) is 0 Å². The number of hydrogen-bond donors (Lipinski definition) is 1. The van der Waals surface area contributed by atoms with Gasteiger partial charge in [0, 0.05) is 5.69 Å². The number of nitrogens with one attached hydrogen (secondary N) is 1. The highest BCUT2D eigenvalue weighted by molar-refractivity contribution is 6.07. The van der Waals surface area contributed by atoms with Crippen molar-refractivity contribution in [2.24, 2.45) is 0 Å². The van der Waals surface area contributed by atoms with Crippen molar-refractivity contribution < 1.29 is 18.7 Å². The van der Waals surface area contributed by atoms with Crippen LogP contribution in [0.15, 0.2) is 36.4 Å². The fraction of sp³-hybridized carbons (Fsp3) is 0.188. The lowest BCUT2D eigenvalue weighted by Gasteiger charge is -2.13. The summed E-state index contributed by atoms with van der Waals surface area (Å²) in [5, 5.41) is 2.74. The zero-order chi connectivity index (χ0) is 15.4. The summed E-state index contributed by atoms with van der Waals surface area (Å²) in [7, 11) is 2.97. The number of ether oxygens (including phenoxy) is 2. The Labute approximate surface area is 122 Å². The maximum atomic E-state index is 13.1. The van der Waals surface area contributed by atoms with Crippen molar-refractivity contribution in [3.05, 3.63) is 53.3 Å². The number of para-hydroxylation sites is 1. The molecule has 4 nitrogen and oxygen atoms in total. The van der Waals surface area contributed by atoms with E-state index in [-0.39, 0.29) is 11.7 Å². The molecule has 0 unspecified atom stereocenters. The molecule has 0 heterocycles. The molecule has 0 spiro atoms. The Hall–Kier alpha value is -2.56. The lowest BCUT2D eigenvalue weighted by Crippen LogP contribution is -2.14. The summed E-state index contributed by atoms with van der Waals surface area (Å²) < 4.78 is 23.5. The van der Waals surface area contributed by atoms with Gasteiger partial charge in [-0.05, 0) is 42.8 Å². The lowest BCUT2D eigenvalue weighted by molar-refractivity contribution is 0.102. The monoisotopic (exact) mass is 289 g/mol. The molecule has 0 fully saturated rings. The van der Waals surface area contributed by atoms with Crippen molar-refractivity contribution >= 4 is 11.6 Å². The normalized spacial score (nSPS) is 10.1. The van der Waals surface area contributed by atoms with Gasteiger partial charge in [-0.2, -0.15) is 0 Å². The predicted octanol–water partition coefficient (Wildman–Crippen LogP) is 3.40. The molecule has 21 heavy (non-hydrogen) atoms. The number of carbonyl (C=O) groups is 1. The summed E-state index contributed by atoms with van der Waals surface area (Å²) in [5.41, 5.74) is 1.54. The quantitative estimate of drug-likeness (QED) is 0.938. The zero-order valence-corrected chi connectivity index (χ0v) is 12.1. The van der Waals surface area contributed by atoms with Crippen molar-refractivity contribution in [2.45, 2.75) is 6.92 Å². The first kappa shape index (κ1) is 14.8. The SMILES string of the molecule is COc1cccc(C(=O)Nc2ccc(F)cc2C)c1OC. The number of hydrogen-bond acceptors (Lipinski definition) is 3. The predicted molar refractivity (Wildman–Crippen MR) is 78.6 cm³/mol. The number of amides is 1. The van der Waals surface area contributed by atoms with E-state index in [1.165, 1.54) is 32.4 Å². The summed E-state index contributed by atoms with van der Waals surface area (Å²) in [6, 6.07) is 9.22. The molecule has 0 atom stereocenters. The van der Waals surface area contributed by atoms with Gasteiger partial charge in [-0.3, -0.25) is 4.79 Å². The third-order valence-corrected chi connectivity index (χ3v) is 3.08. The van der Waals surface area contributed by atoms with Crippen LogP contribution in [0, 0.1) is 12.7 Å². The van der Waals surface area contributed by atoms with Crippen LogP contribution in [-0.2, 0) is 0 Å². The second-order valence-electron chi connectivity index (χ2n) is 4.45. The van der Waals surface area contributed by atoms with Crippen LogP contribution in [0.1, 0.15) is 15.9 Å². The van der Waals surface area contributed by atoms with Crippen LogP contribution in [0.4, 0.5) is 10.1 Å². The third-order valence-electron chi connectivity index (χ3n) is 3.08. The van der Waals surface area contributed by atoms with Gasteiger partial charge in [-0.25, -0.2) is 4.39 Å². The molecule has 1 N–H and O–H groups in total. The molecule has 110 valence electrons. The fourth-order valence-corrected chi connectivity index (χ4v) is 2.02. The first-order valence-corrected chi connectivity index (χ1v) is 6.35. The summed E-state index contributed by atoms with van der Waals surface area (Å²) in [6.07, 6.45) is 0. The standard InChI is InChI=1S/C16H16FNO3/c1-10-9-11(17)7-8-13(10)18-16(19)12-5-4-6-14(20-2)15(12)21-3/h4-9H,1-3H3,(H,18,19). The van der Waals surface area contributed by atoms with Gasteiger partial charge >= 0.3 is 0 Å². The van der Waals surface area contributed by atoms with Gasteiger partial charge in [0.1, 0.15) is 5.82 Å². The van der Waals surface area contributed by atoms with Crippen LogP contribution in [0.2, 0.25) is 0 Å². The van der Waals surface area contributed by atoms with Crippen molar-refractivity contribution in [2.75, 3.05) is 19.5 Å². The van der Waals surface area contributed by atoms with E-state index in [0.29, 0.717) is 28.3 Å². The maximum absolute atomic E-state index is 13.1. The van der Waals surface area contributed by atoms with E-state index in [9.17, 15) is 9.18 Å². The summed E-state index contributed by atoms with van der Waals surface area (Å²) in [6.45, 7) is 1.72. The van der Waals surface area contributed by atoms with Crippen molar-refractivity contribution in [3.8, 4) is 11.5 Å². The zero-order valence-electron chi connectivity index (χ0n) is 12.1. The van der Waals surface area contributed by atoms with Gasteiger partial charge in [0.2, 0.25) is 0 Å². The summed E-state index contributed by atoms with van der Waals surface area (Å²) in [4.78, 5) is 12.4. The Bertz CT molecular complexity index is 671. The Balaban J connectivity index is 2.32. The van der Waals surface area contributed by atoms with Gasteiger partial charge in [0.25, 0.3) is 5.91 Å². The number of halogens is 1. The van der Waals surface area contributed by atoms with E-state index in [0.717, 1.165) is 0 Å². The van der Waals surface area contributed by atoms with Crippen LogP contribution in [0.3, 0.4) is 0 Å². The van der Waals surface area contributed by atoms with Gasteiger partial charge in [0.15, 0.2) is 11.5 Å². The second kappa shape index (κ2) is 6.26. The average molecular weight is 289 g/mol. The van der Waals surface area contributed by atoms with E-state index in [2.05, 4.69) is 5.32 Å². The number of carbonyl (C=O) groups excluding carboxylic acids is 1. The van der Waals surface area contributed by atoms with Gasteiger partial charge in [-0.1, -0.05) is 6.07 Å². The molecule has 0 aliphatic carbocycles. The molecule has 5 heteroatoms. The molecule has 2 aromatic rings. The summed E-state index contributed by atoms with van der Waals surface area (Å²) >= 11 is 0. The molecule has 0 aliphatic rings. The minimum absolute atomic E-state index is 0.343. The van der Waals surface area contributed by atoms with E-state index in [4.69, 9.17) is 9.47 Å². The van der Waals surface area contributed by atoms with Crippen molar-refractivity contribution in [1.29, 1.82) is 0 Å². The summed E-state index contributed by atoms with van der Waals surface area (Å²) in [5.74, 6) is 0.142. The first-order chi connectivity index (χ1) is 10.1. The smallest absolute Gasteiger partial charge is 0.259 e. The van der Waals surface area contributed by atoms with E-state index >= 15 is 0 Å². The first-order valence-electron chi connectivity index (χ1n) is 6.35. The Kier molecular flexibility index (Phi) is 4.42. The molecular weight excluding hydrogens is 273 g/mol. The number of rotatable bonds is 4. The minimum Gasteiger partial charge on any atom is -0.493 e. The lowest BCUT2D eigenvalue weighted by atomic mass is 10.1. The minimum atomic E-state index is -0.347. The maximum Gasteiger partial charge on any atom is 0.259 e. The Morgan fingerprint density at radius 2 is 1.90 bits per heavy atom. The molecule has 0 aromatic heterocycles. The van der Waals surface area contributed by atoms with E-state index in [1.54, 1.807) is 25.1 Å². The van der Waals surface area contributed by atoms with Gasteiger partial charge in [-0.15, -0.1) is 0 Å². The van der Waals surface area contributed by atoms with E-state index < -0.39 is 0 Å². The Morgan fingerprint density at radius 3 is 2.52 bits per heavy atom. The van der Waals surface area contributed by atoms with Gasteiger partial charge in [0.05, 0.1) is 19.8 Å². The molecule has 0 aliphatic heterocycles. The highest BCUT2D eigenvalue weighted by Gasteiger charge is 2.17. The topological polar surface area (TPSA) is 47.6 Å². The largest absolute Gasteiger partial charge is 0.493 e. The average Bonchev–Trinajstić information content (AvgIpc) is 2.49. The van der Waals surface area contributed by atoms with E-state index in [1.807, 2.05) is 0 Å². The highest BCUT2D eigenvalue weighted by Crippen LogP contribution is 2.31. The molecule has 0 radical (unpaired) electrons. The number of methoxy groups -OCH3 is 2. The van der Waals surface area contributed by atoms with Crippen LogP contribution in [0.5, 0.6) is 11.5 Å². The molecule has 1 amide bonds. The van der Waals surface area contributed by atoms with Crippen LogP contribution in [-0.4, -0.2) is 20.1 Å².